The minimum Gasteiger partial charge on any atom is -0.461 e. The minimum atomic E-state index is -1.39. The van der Waals surface area contributed by atoms with E-state index < -0.39 is 8.32 Å². The van der Waals surface area contributed by atoms with Gasteiger partial charge in [0.25, 0.3) is 0 Å². The van der Waals surface area contributed by atoms with Gasteiger partial charge in [-0.1, -0.05) is 97.1 Å². The lowest BCUT2D eigenvalue weighted by molar-refractivity contribution is -0.145. The summed E-state index contributed by atoms with van der Waals surface area (Å²) in [6, 6.07) is 33.3. The van der Waals surface area contributed by atoms with E-state index in [4.69, 9.17) is 18.6 Å². The van der Waals surface area contributed by atoms with Crippen molar-refractivity contribution in [2.45, 2.75) is 129 Å². The van der Waals surface area contributed by atoms with E-state index in [9.17, 15) is 9.59 Å². The number of carbonyl (C=O) groups excluding carboxylic acids is 2. The Morgan fingerprint density at radius 3 is 1.79 bits per heavy atom. The topological polar surface area (TPSA) is 86.3 Å². The average Bonchev–Trinajstić information content (AvgIpc) is 4.13. The van der Waals surface area contributed by atoms with Crippen LogP contribution < -0.4 is 5.32 Å². The van der Waals surface area contributed by atoms with Crippen LogP contribution in [-0.2, 0) is 80.2 Å². The van der Waals surface area contributed by atoms with Crippen LogP contribution in [0.3, 0.4) is 0 Å². The first-order valence-electron chi connectivity index (χ1n) is 21.5. The number of hydrogen-bond acceptors (Lipinski definition) is 8. The van der Waals surface area contributed by atoms with Crippen molar-refractivity contribution in [2.75, 3.05) is 19.7 Å². The molecule has 0 radical (unpaired) electrons. The van der Waals surface area contributed by atoms with E-state index in [1.54, 1.807) is 0 Å². The Labute approximate surface area is 347 Å². The van der Waals surface area contributed by atoms with E-state index in [-0.39, 0.29) is 17.7 Å². The Morgan fingerprint density at radius 2 is 1.26 bits per heavy atom. The van der Waals surface area contributed by atoms with Gasteiger partial charge >= 0.3 is 11.9 Å². The fourth-order valence-corrected chi connectivity index (χ4v) is 9.02. The molecular formula is C49H64N2O6Si. The Balaban J connectivity index is 0.000000157. The summed E-state index contributed by atoms with van der Waals surface area (Å²) in [4.78, 5) is 26.8. The molecule has 4 aromatic rings. The van der Waals surface area contributed by atoms with E-state index in [1.807, 2.05) is 73.7 Å². The SMILES string of the molecule is CCOC1(O[Si](C)(C)C)CC1.O=C(Cc1ccc2c(c1)CN(C1CC1)CCC2)OCc1ccccc1.O=C(Cc1ccc2c(c1)CNCCC2)OCc1ccccc1. The molecule has 8 nitrogen and oxygen atoms in total. The van der Waals surface area contributed by atoms with Crippen LogP contribution in [0.25, 0.3) is 0 Å². The molecule has 0 amide bonds. The second-order valence-corrected chi connectivity index (χ2v) is 21.4. The van der Waals surface area contributed by atoms with Crippen LogP contribution >= 0.6 is 0 Å². The van der Waals surface area contributed by atoms with Crippen LogP contribution in [-0.4, -0.2) is 56.7 Å². The highest BCUT2D eigenvalue weighted by molar-refractivity contribution is 6.69. The fraction of sp³-hybridized carbons (Fsp3) is 0.469. The fourth-order valence-electron chi connectivity index (χ4n) is 7.64. The first kappa shape index (κ1) is 43.5. The lowest BCUT2D eigenvalue weighted by atomic mass is 10.00. The molecule has 0 atom stereocenters. The molecule has 0 saturated heterocycles. The number of ether oxygens (including phenoxy) is 3. The molecule has 8 rings (SSSR count). The summed E-state index contributed by atoms with van der Waals surface area (Å²) < 4.78 is 22.2. The summed E-state index contributed by atoms with van der Waals surface area (Å²) in [6.45, 7) is 14.3. The Morgan fingerprint density at radius 1 is 0.707 bits per heavy atom. The summed E-state index contributed by atoms with van der Waals surface area (Å²) in [5, 5.41) is 3.41. The quantitative estimate of drug-likeness (QED) is 0.0814. The van der Waals surface area contributed by atoms with Gasteiger partial charge in [0.15, 0.2) is 14.1 Å². The number of hydrogen-bond donors (Lipinski definition) is 1. The van der Waals surface area contributed by atoms with Gasteiger partial charge in [-0.2, -0.15) is 0 Å². The number of fused-ring (bicyclic) bond motifs is 2. The van der Waals surface area contributed by atoms with Gasteiger partial charge in [0.2, 0.25) is 0 Å². The predicted octanol–water partition coefficient (Wildman–Crippen LogP) is 9.26. The van der Waals surface area contributed by atoms with Crippen molar-refractivity contribution in [1.82, 2.24) is 10.2 Å². The molecule has 2 aliphatic heterocycles. The third-order valence-electron chi connectivity index (χ3n) is 10.7. The molecule has 4 aliphatic rings. The number of carbonyl (C=O) groups is 2. The van der Waals surface area contributed by atoms with Crippen molar-refractivity contribution in [3.63, 3.8) is 0 Å². The van der Waals surface area contributed by atoms with E-state index in [1.165, 1.54) is 54.5 Å². The maximum absolute atomic E-state index is 12.2. The van der Waals surface area contributed by atoms with Crippen molar-refractivity contribution in [3.05, 3.63) is 142 Å². The van der Waals surface area contributed by atoms with Crippen molar-refractivity contribution in [2.24, 2.45) is 0 Å². The van der Waals surface area contributed by atoms with Crippen molar-refractivity contribution >= 4 is 20.3 Å². The molecule has 9 heteroatoms. The van der Waals surface area contributed by atoms with Gasteiger partial charge in [-0.05, 0) is 123 Å². The van der Waals surface area contributed by atoms with Gasteiger partial charge < -0.3 is 24.0 Å². The highest BCUT2D eigenvalue weighted by atomic mass is 28.4. The van der Waals surface area contributed by atoms with E-state index in [0.717, 1.165) is 80.2 Å². The van der Waals surface area contributed by atoms with Gasteiger partial charge in [0, 0.05) is 38.6 Å². The number of nitrogens with zero attached hydrogens (tertiary/aromatic N) is 1. The minimum absolute atomic E-state index is 0.154. The lowest BCUT2D eigenvalue weighted by Crippen LogP contribution is -2.34. The van der Waals surface area contributed by atoms with Gasteiger partial charge in [-0.3, -0.25) is 14.5 Å². The molecule has 2 heterocycles. The van der Waals surface area contributed by atoms with Crippen molar-refractivity contribution in [3.8, 4) is 0 Å². The summed E-state index contributed by atoms with van der Waals surface area (Å²) in [7, 11) is -1.39. The summed E-state index contributed by atoms with van der Waals surface area (Å²) in [6.07, 6.45) is 10.2. The Hall–Kier alpha value is -4.12. The van der Waals surface area contributed by atoms with Crippen LogP contribution in [0.2, 0.25) is 19.6 Å². The molecule has 58 heavy (non-hydrogen) atoms. The average molecular weight is 805 g/mol. The molecule has 0 bridgehead atoms. The number of benzene rings is 4. The van der Waals surface area contributed by atoms with Crippen molar-refractivity contribution in [1.29, 1.82) is 0 Å². The first-order chi connectivity index (χ1) is 28.1. The summed E-state index contributed by atoms with van der Waals surface area (Å²) in [5.41, 5.74) is 9.69. The maximum atomic E-state index is 12.2. The third-order valence-corrected chi connectivity index (χ3v) is 11.7. The van der Waals surface area contributed by atoms with Crippen LogP contribution in [0.1, 0.15) is 90.0 Å². The molecule has 0 unspecified atom stereocenters. The van der Waals surface area contributed by atoms with Gasteiger partial charge in [0.05, 0.1) is 12.8 Å². The van der Waals surface area contributed by atoms with Gasteiger partial charge in [-0.25, -0.2) is 0 Å². The number of rotatable bonds is 13. The Bertz CT molecular complexity index is 1910. The van der Waals surface area contributed by atoms with Crippen LogP contribution in [0.4, 0.5) is 0 Å². The molecule has 2 saturated carbocycles. The molecule has 2 fully saturated rings. The largest absolute Gasteiger partial charge is 0.461 e. The number of esters is 2. The molecule has 0 aromatic heterocycles. The highest BCUT2D eigenvalue weighted by Crippen LogP contribution is 2.42. The highest BCUT2D eigenvalue weighted by Gasteiger charge is 2.48. The number of nitrogens with one attached hydrogen (secondary N) is 1. The van der Waals surface area contributed by atoms with Gasteiger partial charge in [-0.15, -0.1) is 0 Å². The van der Waals surface area contributed by atoms with Crippen LogP contribution in [0.15, 0.2) is 97.1 Å². The first-order valence-corrected chi connectivity index (χ1v) is 24.9. The van der Waals surface area contributed by atoms with Crippen LogP contribution in [0.5, 0.6) is 0 Å². The number of aryl methyl sites for hydroxylation is 2. The smallest absolute Gasteiger partial charge is 0.310 e. The molecule has 310 valence electrons. The Kier molecular flexibility index (Phi) is 15.9. The molecule has 4 aromatic carbocycles. The van der Waals surface area contributed by atoms with E-state index in [2.05, 4.69) is 60.2 Å². The zero-order chi connectivity index (χ0) is 40.8. The maximum Gasteiger partial charge on any atom is 0.310 e. The lowest BCUT2D eigenvalue weighted by Gasteiger charge is -2.25. The normalized spacial score (nSPS) is 17.0. The van der Waals surface area contributed by atoms with Crippen molar-refractivity contribution < 1.29 is 28.2 Å². The third kappa shape index (κ3) is 14.6. The second-order valence-electron chi connectivity index (χ2n) is 17.0. The molecular weight excluding hydrogens is 741 g/mol. The molecule has 2 aliphatic carbocycles. The predicted molar refractivity (Wildman–Crippen MR) is 233 cm³/mol. The summed E-state index contributed by atoms with van der Waals surface area (Å²) in [5.74, 6) is -0.485. The van der Waals surface area contributed by atoms with E-state index >= 15 is 0 Å². The summed E-state index contributed by atoms with van der Waals surface area (Å²) >= 11 is 0. The second kappa shape index (κ2) is 21.2. The van der Waals surface area contributed by atoms with E-state index in [0.29, 0.717) is 26.1 Å². The van der Waals surface area contributed by atoms with Crippen LogP contribution in [0, 0.1) is 0 Å². The van der Waals surface area contributed by atoms with Gasteiger partial charge in [0.1, 0.15) is 13.2 Å². The molecule has 0 spiro atoms. The zero-order valence-electron chi connectivity index (χ0n) is 35.2. The standard InChI is InChI=1S/C22H25NO2.C19H21NO2.C8H18O2Si/c24-22(25-16-17-5-2-1-3-6-17)14-18-8-9-19-7-4-12-23(21-10-11-21)15-20(19)13-18;21-19(22-14-15-5-2-1-3-6-15)12-16-8-9-17-7-4-10-20-13-18(17)11-16;1-5-9-8(6-7-8)10-11(2,3)4/h1-3,5-6,8-9,13,21H,4,7,10-12,14-16H2;1-3,5-6,8-9,11,20H,4,7,10,12-14H2;5-7H2,1-4H3. The molecule has 1 N–H and O–H groups in total. The monoisotopic (exact) mass is 804 g/mol. The zero-order valence-corrected chi connectivity index (χ0v) is 36.2.